The molecule has 66 valence electrons. The van der Waals surface area contributed by atoms with E-state index in [1.54, 1.807) is 6.92 Å². The second-order valence-corrected chi connectivity index (χ2v) is 3.74. The van der Waals surface area contributed by atoms with Gasteiger partial charge in [0.2, 0.25) is 0 Å². The highest BCUT2D eigenvalue weighted by molar-refractivity contribution is 6.28. The van der Waals surface area contributed by atoms with Gasteiger partial charge >= 0.3 is 0 Å². The fourth-order valence-electron chi connectivity index (χ4n) is 0.705. The second kappa shape index (κ2) is 4.07. The molecule has 1 atom stereocenters. The molecule has 0 aliphatic carbocycles. The van der Waals surface area contributed by atoms with Crippen LogP contribution >= 0.6 is 11.6 Å². The van der Waals surface area contributed by atoms with Crippen LogP contribution in [0.4, 0.5) is 0 Å². The number of carbonyl (C=O) groups is 1. The molecule has 3 heteroatoms. The number of ether oxygens (including phenoxy) is 1. The summed E-state index contributed by atoms with van der Waals surface area (Å²) < 4.78 is 5.36. The van der Waals surface area contributed by atoms with Gasteiger partial charge in [0.1, 0.15) is 6.10 Å². The lowest BCUT2D eigenvalue weighted by Crippen LogP contribution is -2.31. The molecule has 0 saturated carbocycles. The first-order valence-electron chi connectivity index (χ1n) is 3.63. The Balaban J connectivity index is 3.87. The summed E-state index contributed by atoms with van der Waals surface area (Å²) in [6.45, 7) is 7.44. The molecule has 11 heavy (non-hydrogen) atoms. The first kappa shape index (κ1) is 10.9. The molecule has 0 fully saturated rings. The van der Waals surface area contributed by atoms with Crippen LogP contribution in [0.2, 0.25) is 0 Å². The van der Waals surface area contributed by atoms with Crippen LogP contribution in [0.5, 0.6) is 0 Å². The molecule has 0 unspecified atom stereocenters. The van der Waals surface area contributed by atoms with Crippen molar-refractivity contribution in [1.82, 2.24) is 0 Å². The summed E-state index contributed by atoms with van der Waals surface area (Å²) in [5, 5.41) is 0. The molecule has 0 radical (unpaired) electrons. The number of hydrogen-bond acceptors (Lipinski definition) is 2. The minimum Gasteiger partial charge on any atom is -0.365 e. The van der Waals surface area contributed by atoms with E-state index in [0.29, 0.717) is 0 Å². The van der Waals surface area contributed by atoms with E-state index in [4.69, 9.17) is 16.3 Å². The maximum atomic E-state index is 10.9. The van der Waals surface area contributed by atoms with Crippen LogP contribution in [0.1, 0.15) is 27.7 Å². The quantitative estimate of drug-likeness (QED) is 0.618. The number of Topliss-reactive ketones (excluding diaryl/α,β-unsaturated/α-hetero) is 1. The van der Waals surface area contributed by atoms with Crippen molar-refractivity contribution in [2.24, 2.45) is 0 Å². The second-order valence-electron chi connectivity index (χ2n) is 3.47. The van der Waals surface area contributed by atoms with Gasteiger partial charge in [0.15, 0.2) is 5.78 Å². The normalized spacial score (nSPS) is 14.6. The van der Waals surface area contributed by atoms with Crippen LogP contribution in [0.3, 0.4) is 0 Å². The van der Waals surface area contributed by atoms with Crippen molar-refractivity contribution < 1.29 is 9.53 Å². The molecule has 0 spiro atoms. The monoisotopic (exact) mass is 178 g/mol. The van der Waals surface area contributed by atoms with E-state index in [0.717, 1.165) is 0 Å². The largest absolute Gasteiger partial charge is 0.365 e. The predicted molar refractivity (Wildman–Crippen MR) is 46.0 cm³/mol. The molecule has 0 saturated heterocycles. The van der Waals surface area contributed by atoms with Crippen molar-refractivity contribution in [3.05, 3.63) is 0 Å². The smallest absolute Gasteiger partial charge is 0.175 e. The van der Waals surface area contributed by atoms with Crippen molar-refractivity contribution in [2.45, 2.75) is 39.4 Å². The van der Waals surface area contributed by atoms with Gasteiger partial charge in [-0.05, 0) is 27.7 Å². The molecule has 2 nitrogen and oxygen atoms in total. The number of hydrogen-bond donors (Lipinski definition) is 0. The third kappa shape index (κ3) is 5.22. The van der Waals surface area contributed by atoms with Crippen LogP contribution in [0.15, 0.2) is 0 Å². The Morgan fingerprint density at radius 3 is 2.27 bits per heavy atom. The zero-order valence-corrected chi connectivity index (χ0v) is 8.23. The summed E-state index contributed by atoms with van der Waals surface area (Å²) in [5.41, 5.74) is -0.277. The Morgan fingerprint density at radius 1 is 1.55 bits per heavy atom. The van der Waals surface area contributed by atoms with Crippen molar-refractivity contribution in [1.29, 1.82) is 0 Å². The zero-order valence-electron chi connectivity index (χ0n) is 7.48. The maximum absolute atomic E-state index is 10.9. The highest BCUT2D eigenvalue weighted by Crippen LogP contribution is 2.11. The molecule has 0 amide bonds. The lowest BCUT2D eigenvalue weighted by atomic mass is 10.1. The van der Waals surface area contributed by atoms with Gasteiger partial charge in [0, 0.05) is 0 Å². The third-order valence-corrected chi connectivity index (χ3v) is 1.38. The van der Waals surface area contributed by atoms with Crippen LogP contribution in [0.25, 0.3) is 0 Å². The number of halogens is 1. The Kier molecular flexibility index (Phi) is 4.04. The molecule has 0 aromatic rings. The molecule has 0 aromatic carbocycles. The fraction of sp³-hybridized carbons (Fsp3) is 0.875. The lowest BCUT2D eigenvalue weighted by Gasteiger charge is -2.23. The third-order valence-electron chi connectivity index (χ3n) is 1.12. The highest BCUT2D eigenvalue weighted by atomic mass is 35.5. The van der Waals surface area contributed by atoms with Gasteiger partial charge < -0.3 is 4.74 Å². The topological polar surface area (TPSA) is 26.3 Å². The number of carbonyl (C=O) groups excluding carboxylic acids is 1. The minimum atomic E-state index is -0.396. The van der Waals surface area contributed by atoms with Gasteiger partial charge in [-0.1, -0.05) is 0 Å². The summed E-state index contributed by atoms with van der Waals surface area (Å²) in [4.78, 5) is 10.9. The Hall–Kier alpha value is -0.0800. The Bertz CT molecular complexity index is 138. The van der Waals surface area contributed by atoms with Gasteiger partial charge in [0.05, 0.1) is 11.5 Å². The van der Waals surface area contributed by atoms with E-state index in [1.807, 2.05) is 20.8 Å². The van der Waals surface area contributed by atoms with Crippen LogP contribution in [-0.2, 0) is 9.53 Å². The highest BCUT2D eigenvalue weighted by Gasteiger charge is 2.19. The van der Waals surface area contributed by atoms with Gasteiger partial charge in [-0.3, -0.25) is 4.79 Å². The molecular formula is C8H15ClO2. The summed E-state index contributed by atoms with van der Waals surface area (Å²) >= 11 is 5.35. The summed E-state index contributed by atoms with van der Waals surface area (Å²) in [6.07, 6.45) is -0.396. The van der Waals surface area contributed by atoms with E-state index in [2.05, 4.69) is 0 Å². The van der Waals surface area contributed by atoms with Gasteiger partial charge in [0.25, 0.3) is 0 Å². The predicted octanol–water partition coefficient (Wildman–Crippen LogP) is 2.00. The summed E-state index contributed by atoms with van der Waals surface area (Å²) in [7, 11) is 0. The van der Waals surface area contributed by atoms with E-state index < -0.39 is 6.10 Å². The van der Waals surface area contributed by atoms with E-state index in [9.17, 15) is 4.79 Å². The molecule has 0 aliphatic rings. The summed E-state index contributed by atoms with van der Waals surface area (Å²) in [5.74, 6) is -0.0429. The molecular weight excluding hydrogens is 164 g/mol. The van der Waals surface area contributed by atoms with Crippen molar-refractivity contribution in [2.75, 3.05) is 5.88 Å². The first-order valence-corrected chi connectivity index (χ1v) is 4.17. The van der Waals surface area contributed by atoms with E-state index in [1.165, 1.54) is 0 Å². The van der Waals surface area contributed by atoms with Gasteiger partial charge in [-0.25, -0.2) is 0 Å². The van der Waals surface area contributed by atoms with Gasteiger partial charge in [-0.2, -0.15) is 0 Å². The molecule has 0 rings (SSSR count). The standard InChI is InChI=1S/C8H15ClO2/c1-6(7(10)5-9)11-8(2,3)4/h6H,5H2,1-4H3/t6-/m1/s1. The van der Waals surface area contributed by atoms with Crippen LogP contribution in [-0.4, -0.2) is 23.4 Å². The average molecular weight is 179 g/mol. The zero-order chi connectivity index (χ0) is 9.07. The van der Waals surface area contributed by atoms with Crippen LogP contribution < -0.4 is 0 Å². The summed E-state index contributed by atoms with van der Waals surface area (Å²) in [6, 6.07) is 0. The first-order chi connectivity index (χ1) is 4.87. The lowest BCUT2D eigenvalue weighted by molar-refractivity contribution is -0.135. The number of ketones is 1. The maximum Gasteiger partial charge on any atom is 0.175 e. The minimum absolute atomic E-state index is 0.0250. The molecule has 0 N–H and O–H groups in total. The molecule has 0 aliphatic heterocycles. The SMILES string of the molecule is C[C@@H](OC(C)(C)C)C(=O)CCl. The average Bonchev–Trinajstić information content (AvgIpc) is 1.82. The van der Waals surface area contributed by atoms with Crippen molar-refractivity contribution in [3.63, 3.8) is 0 Å². The number of alkyl halides is 1. The van der Waals surface area contributed by atoms with Gasteiger partial charge in [-0.15, -0.1) is 11.6 Å². The van der Waals surface area contributed by atoms with Crippen molar-refractivity contribution >= 4 is 17.4 Å². The molecule has 0 aromatic heterocycles. The Labute approximate surface area is 72.9 Å². The Morgan fingerprint density at radius 2 is 2.00 bits per heavy atom. The number of rotatable bonds is 3. The fourth-order valence-corrected chi connectivity index (χ4v) is 0.922. The van der Waals surface area contributed by atoms with E-state index >= 15 is 0 Å². The van der Waals surface area contributed by atoms with E-state index in [-0.39, 0.29) is 17.3 Å². The van der Waals surface area contributed by atoms with Crippen molar-refractivity contribution in [3.8, 4) is 0 Å². The molecule has 0 heterocycles. The van der Waals surface area contributed by atoms with Crippen LogP contribution in [0, 0.1) is 0 Å². The molecule has 0 bridgehead atoms.